The summed E-state index contributed by atoms with van der Waals surface area (Å²) >= 11 is 3.57. The van der Waals surface area contributed by atoms with Gasteiger partial charge >= 0.3 is 0 Å². The van der Waals surface area contributed by atoms with Gasteiger partial charge in [0.25, 0.3) is 0 Å². The van der Waals surface area contributed by atoms with Crippen LogP contribution in [-0.2, 0) is 24.2 Å². The minimum Gasteiger partial charge on any atom is -0.320 e. The molecule has 0 aliphatic rings. The Balaban J connectivity index is 2.70. The Labute approximate surface area is 117 Å². The summed E-state index contributed by atoms with van der Waals surface area (Å²) in [5.41, 5.74) is 2.05. The summed E-state index contributed by atoms with van der Waals surface area (Å²) in [6.45, 7) is 5.82. The average molecular weight is 316 g/mol. The van der Waals surface area contributed by atoms with Crippen LogP contribution in [0.1, 0.15) is 38.1 Å². The lowest BCUT2D eigenvalue weighted by Crippen LogP contribution is -2.13. The molecule has 0 bridgehead atoms. The van der Waals surface area contributed by atoms with Gasteiger partial charge in [-0.3, -0.25) is 9.48 Å². The van der Waals surface area contributed by atoms with Crippen LogP contribution >= 0.6 is 15.9 Å². The summed E-state index contributed by atoms with van der Waals surface area (Å²) in [6, 6.07) is 0. The zero-order valence-corrected chi connectivity index (χ0v) is 13.0. The Hall–Kier alpha value is -0.680. The molecule has 0 saturated heterocycles. The van der Waals surface area contributed by atoms with Gasteiger partial charge in [-0.25, -0.2) is 0 Å². The first-order chi connectivity index (χ1) is 8.63. The van der Waals surface area contributed by atoms with Crippen LogP contribution in [0.15, 0.2) is 4.47 Å². The molecule has 0 radical (unpaired) electrons. The van der Waals surface area contributed by atoms with E-state index in [9.17, 15) is 4.79 Å². The van der Waals surface area contributed by atoms with E-state index in [-0.39, 0.29) is 5.78 Å². The van der Waals surface area contributed by atoms with Crippen molar-refractivity contribution >= 4 is 21.7 Å². The SMILES string of the molecule is CCc1nn(CC)c(CC(=O)CCCNC)c1Br. The number of hydrogen-bond donors (Lipinski definition) is 1. The second-order valence-corrected chi connectivity index (χ2v) is 5.09. The van der Waals surface area contributed by atoms with Crippen molar-refractivity contribution in [2.45, 2.75) is 46.1 Å². The van der Waals surface area contributed by atoms with Crippen LogP contribution in [0.25, 0.3) is 0 Å². The van der Waals surface area contributed by atoms with Gasteiger partial charge in [-0.2, -0.15) is 5.10 Å². The van der Waals surface area contributed by atoms with E-state index in [0.717, 1.165) is 41.8 Å². The number of carbonyl (C=O) groups is 1. The number of aromatic nitrogens is 2. The number of nitrogens with one attached hydrogen (secondary N) is 1. The van der Waals surface area contributed by atoms with Crippen molar-refractivity contribution in [2.75, 3.05) is 13.6 Å². The highest BCUT2D eigenvalue weighted by Gasteiger charge is 2.16. The third-order valence-electron chi connectivity index (χ3n) is 2.94. The number of halogens is 1. The highest BCUT2D eigenvalue weighted by molar-refractivity contribution is 9.10. The molecule has 0 spiro atoms. The summed E-state index contributed by atoms with van der Waals surface area (Å²) in [4.78, 5) is 11.9. The molecule has 1 rings (SSSR count). The number of hydrogen-bond acceptors (Lipinski definition) is 3. The van der Waals surface area contributed by atoms with Crippen LogP contribution in [0.4, 0.5) is 0 Å². The van der Waals surface area contributed by atoms with Gasteiger partial charge in [0.1, 0.15) is 5.78 Å². The van der Waals surface area contributed by atoms with Crippen LogP contribution in [0.3, 0.4) is 0 Å². The first-order valence-corrected chi connectivity index (χ1v) is 7.33. The summed E-state index contributed by atoms with van der Waals surface area (Å²) in [6.07, 6.45) is 2.89. The molecule has 0 aliphatic carbocycles. The van der Waals surface area contributed by atoms with Crippen molar-refractivity contribution in [3.63, 3.8) is 0 Å². The lowest BCUT2D eigenvalue weighted by molar-refractivity contribution is -0.118. The molecule has 0 aromatic carbocycles. The van der Waals surface area contributed by atoms with Gasteiger partial charge in [-0.15, -0.1) is 0 Å². The molecule has 0 saturated carbocycles. The van der Waals surface area contributed by atoms with Crippen molar-refractivity contribution in [3.05, 3.63) is 15.9 Å². The largest absolute Gasteiger partial charge is 0.320 e. The first kappa shape index (κ1) is 15.4. The zero-order chi connectivity index (χ0) is 13.5. The Bertz CT molecular complexity index is 401. The molecule has 1 aromatic heterocycles. The Morgan fingerprint density at radius 2 is 2.17 bits per heavy atom. The smallest absolute Gasteiger partial charge is 0.138 e. The average Bonchev–Trinajstić information content (AvgIpc) is 2.66. The third-order valence-corrected chi connectivity index (χ3v) is 3.86. The standard InChI is InChI=1S/C13H22BrN3O/c1-4-11-13(14)12(17(5-2)16-11)9-10(18)7-6-8-15-3/h15H,4-9H2,1-3H3. The second-order valence-electron chi connectivity index (χ2n) is 4.30. The van der Waals surface area contributed by atoms with Crippen molar-refractivity contribution in [1.82, 2.24) is 15.1 Å². The van der Waals surface area contributed by atoms with E-state index in [1.165, 1.54) is 0 Å². The Morgan fingerprint density at radius 3 is 2.72 bits per heavy atom. The fourth-order valence-electron chi connectivity index (χ4n) is 1.92. The lowest BCUT2D eigenvalue weighted by atomic mass is 10.1. The molecular weight excluding hydrogens is 294 g/mol. The van der Waals surface area contributed by atoms with Crippen molar-refractivity contribution < 1.29 is 4.79 Å². The van der Waals surface area contributed by atoms with E-state index in [4.69, 9.17) is 0 Å². The van der Waals surface area contributed by atoms with Crippen LogP contribution in [-0.4, -0.2) is 29.2 Å². The van der Waals surface area contributed by atoms with Crippen LogP contribution < -0.4 is 5.32 Å². The number of Topliss-reactive ketones (excluding diaryl/α,β-unsaturated/α-hetero) is 1. The summed E-state index contributed by atoms with van der Waals surface area (Å²) in [5, 5.41) is 7.56. The van der Waals surface area contributed by atoms with Crippen LogP contribution in [0.2, 0.25) is 0 Å². The van der Waals surface area contributed by atoms with Gasteiger partial charge in [0.05, 0.1) is 15.9 Å². The maximum Gasteiger partial charge on any atom is 0.138 e. The molecule has 1 aromatic rings. The van der Waals surface area contributed by atoms with Gasteiger partial charge in [0.2, 0.25) is 0 Å². The minimum atomic E-state index is 0.281. The predicted molar refractivity (Wildman–Crippen MR) is 76.9 cm³/mol. The topological polar surface area (TPSA) is 46.9 Å². The fourth-order valence-corrected chi connectivity index (χ4v) is 2.63. The maximum atomic E-state index is 11.9. The fraction of sp³-hybridized carbons (Fsp3) is 0.692. The molecule has 0 aliphatic heterocycles. The molecule has 5 heteroatoms. The quantitative estimate of drug-likeness (QED) is 0.749. The van der Waals surface area contributed by atoms with E-state index in [0.29, 0.717) is 12.8 Å². The van der Waals surface area contributed by atoms with Gasteiger partial charge in [-0.05, 0) is 49.3 Å². The molecule has 102 valence electrons. The number of ketones is 1. The van der Waals surface area contributed by atoms with E-state index in [2.05, 4.69) is 33.3 Å². The zero-order valence-electron chi connectivity index (χ0n) is 11.4. The van der Waals surface area contributed by atoms with Gasteiger partial charge in [0.15, 0.2) is 0 Å². The number of rotatable bonds is 8. The minimum absolute atomic E-state index is 0.281. The highest BCUT2D eigenvalue weighted by atomic mass is 79.9. The molecule has 0 amide bonds. The van der Waals surface area contributed by atoms with Crippen LogP contribution in [0, 0.1) is 0 Å². The van der Waals surface area contributed by atoms with Gasteiger partial charge < -0.3 is 5.32 Å². The Kier molecular flexibility index (Phi) is 6.57. The normalized spacial score (nSPS) is 10.9. The lowest BCUT2D eigenvalue weighted by Gasteiger charge is -2.05. The summed E-state index contributed by atoms with van der Waals surface area (Å²) < 4.78 is 2.94. The van der Waals surface area contributed by atoms with E-state index >= 15 is 0 Å². The second kappa shape index (κ2) is 7.69. The molecule has 0 fully saturated rings. The molecule has 0 unspecified atom stereocenters. The molecule has 18 heavy (non-hydrogen) atoms. The molecular formula is C13H22BrN3O. The summed E-state index contributed by atoms with van der Waals surface area (Å²) in [7, 11) is 1.90. The number of aryl methyl sites for hydroxylation is 2. The third kappa shape index (κ3) is 3.92. The molecule has 1 N–H and O–H groups in total. The maximum absolute atomic E-state index is 11.9. The van der Waals surface area contributed by atoms with Crippen molar-refractivity contribution in [1.29, 1.82) is 0 Å². The van der Waals surface area contributed by atoms with E-state index in [1.807, 2.05) is 18.7 Å². The van der Waals surface area contributed by atoms with Gasteiger partial charge in [-0.1, -0.05) is 6.92 Å². The monoisotopic (exact) mass is 315 g/mol. The number of nitrogens with zero attached hydrogens (tertiary/aromatic N) is 2. The van der Waals surface area contributed by atoms with Gasteiger partial charge in [0, 0.05) is 19.4 Å². The molecule has 1 heterocycles. The van der Waals surface area contributed by atoms with Crippen LogP contribution in [0.5, 0.6) is 0 Å². The molecule has 4 nitrogen and oxygen atoms in total. The Morgan fingerprint density at radius 1 is 1.44 bits per heavy atom. The highest BCUT2D eigenvalue weighted by Crippen LogP contribution is 2.23. The van der Waals surface area contributed by atoms with E-state index in [1.54, 1.807) is 0 Å². The van der Waals surface area contributed by atoms with Crippen molar-refractivity contribution in [2.24, 2.45) is 0 Å². The molecule has 0 atom stereocenters. The first-order valence-electron chi connectivity index (χ1n) is 6.54. The predicted octanol–water partition coefficient (Wildman–Crippen LogP) is 2.34. The van der Waals surface area contributed by atoms with E-state index < -0.39 is 0 Å². The van der Waals surface area contributed by atoms with Crippen molar-refractivity contribution in [3.8, 4) is 0 Å². The number of carbonyl (C=O) groups excluding carboxylic acids is 1. The summed E-state index contributed by atoms with van der Waals surface area (Å²) in [5.74, 6) is 0.281.